The third-order valence-electron chi connectivity index (χ3n) is 5.81. The van der Waals surface area contributed by atoms with Gasteiger partial charge in [-0.3, -0.25) is 14.4 Å². The van der Waals surface area contributed by atoms with Crippen LogP contribution in [0.3, 0.4) is 0 Å². The summed E-state index contributed by atoms with van der Waals surface area (Å²) in [6.07, 6.45) is 0.123. The molecule has 3 amide bonds. The van der Waals surface area contributed by atoms with E-state index in [-0.39, 0.29) is 37.9 Å². The average molecular weight is 572 g/mol. The summed E-state index contributed by atoms with van der Waals surface area (Å²) in [5, 5.41) is 5.18. The second kappa shape index (κ2) is 15.3. The lowest BCUT2D eigenvalue weighted by Crippen LogP contribution is -2.40. The van der Waals surface area contributed by atoms with Crippen LogP contribution in [-0.4, -0.2) is 91.4 Å². The van der Waals surface area contributed by atoms with Crippen LogP contribution in [0.15, 0.2) is 60.0 Å². The number of carbonyl (C=O) groups is 3. The zero-order valence-electron chi connectivity index (χ0n) is 22.4. The molecule has 208 valence electrons. The summed E-state index contributed by atoms with van der Waals surface area (Å²) in [6, 6.07) is 16.6. The van der Waals surface area contributed by atoms with Crippen molar-refractivity contribution in [2.45, 2.75) is 13.0 Å². The van der Waals surface area contributed by atoms with Crippen molar-refractivity contribution in [1.29, 1.82) is 0 Å². The van der Waals surface area contributed by atoms with Crippen LogP contribution in [0, 0.1) is 0 Å². The number of hydrogen-bond donors (Lipinski definition) is 1. The smallest absolute Gasteiger partial charge is 0.255 e. The number of hydrogen-bond acceptors (Lipinski definition) is 7. The predicted octanol–water partition coefficient (Wildman–Crippen LogP) is 3.66. The van der Waals surface area contributed by atoms with Gasteiger partial charge in [-0.05, 0) is 31.8 Å². The summed E-state index contributed by atoms with van der Waals surface area (Å²) in [5.41, 5.74) is 1.94. The van der Waals surface area contributed by atoms with Crippen molar-refractivity contribution >= 4 is 45.8 Å². The molecular formula is C28H34ClN5O4S. The lowest BCUT2D eigenvalue weighted by Gasteiger charge is -2.24. The molecule has 0 saturated carbocycles. The second-order valence-electron chi connectivity index (χ2n) is 9.17. The lowest BCUT2D eigenvalue weighted by molar-refractivity contribution is -0.131. The highest BCUT2D eigenvalue weighted by Crippen LogP contribution is 2.19. The second-order valence-corrected chi connectivity index (χ2v) is 10.4. The van der Waals surface area contributed by atoms with E-state index >= 15 is 0 Å². The molecule has 0 radical (unpaired) electrons. The first-order valence-electron chi connectivity index (χ1n) is 12.5. The van der Waals surface area contributed by atoms with Gasteiger partial charge in [0, 0.05) is 38.7 Å². The molecule has 1 aromatic heterocycles. The summed E-state index contributed by atoms with van der Waals surface area (Å²) < 4.78 is 5.11. The van der Waals surface area contributed by atoms with Crippen LogP contribution in [0.2, 0.25) is 5.02 Å². The number of halogens is 1. The van der Waals surface area contributed by atoms with Gasteiger partial charge in [0.1, 0.15) is 6.54 Å². The topological polar surface area (TPSA) is 95.1 Å². The van der Waals surface area contributed by atoms with Crippen molar-refractivity contribution in [3.63, 3.8) is 0 Å². The maximum absolute atomic E-state index is 13.2. The van der Waals surface area contributed by atoms with Gasteiger partial charge in [-0.2, -0.15) is 0 Å². The highest BCUT2D eigenvalue weighted by molar-refractivity contribution is 7.13. The van der Waals surface area contributed by atoms with Gasteiger partial charge in [-0.1, -0.05) is 54.1 Å². The number of methoxy groups -OCH3 is 1. The highest BCUT2D eigenvalue weighted by Gasteiger charge is 2.22. The molecule has 0 fully saturated rings. The van der Waals surface area contributed by atoms with E-state index in [9.17, 15) is 14.4 Å². The van der Waals surface area contributed by atoms with Crippen LogP contribution in [0.5, 0.6) is 0 Å². The fourth-order valence-corrected chi connectivity index (χ4v) is 4.66. The van der Waals surface area contributed by atoms with Gasteiger partial charge in [-0.25, -0.2) is 4.98 Å². The van der Waals surface area contributed by atoms with Crippen LogP contribution in [0.1, 0.15) is 21.6 Å². The Morgan fingerprint density at radius 2 is 1.69 bits per heavy atom. The Labute approximate surface area is 238 Å². The molecule has 0 bridgehead atoms. The maximum Gasteiger partial charge on any atom is 0.255 e. The van der Waals surface area contributed by atoms with Gasteiger partial charge in [0.25, 0.3) is 5.91 Å². The summed E-state index contributed by atoms with van der Waals surface area (Å²) in [6.45, 7) is 2.12. The van der Waals surface area contributed by atoms with Gasteiger partial charge in [0.05, 0.1) is 29.3 Å². The molecule has 11 heteroatoms. The zero-order valence-corrected chi connectivity index (χ0v) is 24.0. The molecule has 3 rings (SSSR count). The number of nitrogens with zero attached hydrogens (tertiary/aromatic N) is 4. The molecule has 0 aliphatic rings. The number of likely N-dealkylation sites (N-methyl/N-ethyl adjacent to an activating group) is 1. The Hall–Kier alpha value is -3.31. The third kappa shape index (κ3) is 9.74. The minimum atomic E-state index is -0.407. The monoisotopic (exact) mass is 571 g/mol. The molecule has 1 N–H and O–H groups in total. The van der Waals surface area contributed by atoms with Crippen molar-refractivity contribution in [1.82, 2.24) is 19.7 Å². The fraction of sp³-hybridized carbons (Fsp3) is 0.357. The van der Waals surface area contributed by atoms with Crippen LogP contribution in [-0.2, 0) is 27.3 Å². The highest BCUT2D eigenvalue weighted by atomic mass is 35.5. The maximum atomic E-state index is 13.2. The Morgan fingerprint density at radius 1 is 0.974 bits per heavy atom. The molecule has 9 nitrogen and oxygen atoms in total. The standard InChI is InChI=1S/C28H34ClN5O4S/c1-32(2)13-14-33(18-21-9-5-4-6-10-21)26(36)17-22-20-39-28(30-22)31-25(35)19-34(15-16-38-3)27(37)23-11-7-8-12-24(23)29/h4-12,20H,13-19H2,1-3H3,(H,30,31,35). The predicted molar refractivity (Wildman–Crippen MR) is 154 cm³/mol. The van der Waals surface area contributed by atoms with Gasteiger partial charge in [0.15, 0.2) is 5.13 Å². The van der Waals surface area contributed by atoms with E-state index in [0.29, 0.717) is 34.5 Å². The number of rotatable bonds is 14. The molecule has 0 saturated heterocycles. The molecule has 0 atom stereocenters. The number of anilines is 1. The largest absolute Gasteiger partial charge is 0.383 e. The minimum Gasteiger partial charge on any atom is -0.383 e. The van der Waals surface area contributed by atoms with Crippen LogP contribution in [0.25, 0.3) is 0 Å². The van der Waals surface area contributed by atoms with Crippen LogP contribution in [0.4, 0.5) is 5.13 Å². The molecule has 39 heavy (non-hydrogen) atoms. The fourth-order valence-electron chi connectivity index (χ4n) is 3.72. The molecule has 0 unspecified atom stereocenters. The number of benzene rings is 2. The van der Waals surface area contributed by atoms with Crippen molar-refractivity contribution in [3.05, 3.63) is 81.8 Å². The van der Waals surface area contributed by atoms with E-state index < -0.39 is 5.91 Å². The molecule has 0 aliphatic carbocycles. The Balaban J connectivity index is 1.62. The van der Waals surface area contributed by atoms with E-state index in [4.69, 9.17) is 16.3 Å². The molecule has 0 spiro atoms. The molecule has 1 heterocycles. The Kier molecular flexibility index (Phi) is 11.9. The van der Waals surface area contributed by atoms with Crippen molar-refractivity contribution in [2.24, 2.45) is 0 Å². The molecule has 3 aromatic rings. The number of amides is 3. The quantitative estimate of drug-likeness (QED) is 0.317. The molecule has 2 aromatic carbocycles. The van der Waals surface area contributed by atoms with E-state index in [2.05, 4.69) is 10.3 Å². The number of ether oxygens (including phenoxy) is 1. The summed E-state index contributed by atoms with van der Waals surface area (Å²) in [5.74, 6) is -0.815. The SMILES string of the molecule is COCCN(CC(=O)Nc1nc(CC(=O)N(CCN(C)C)Cc2ccccc2)cs1)C(=O)c1ccccc1Cl. The average Bonchev–Trinajstić information content (AvgIpc) is 3.35. The van der Waals surface area contributed by atoms with Gasteiger partial charge >= 0.3 is 0 Å². The van der Waals surface area contributed by atoms with Crippen molar-refractivity contribution in [3.8, 4) is 0 Å². The first-order chi connectivity index (χ1) is 18.8. The number of thiazole rings is 1. The lowest BCUT2D eigenvalue weighted by atomic mass is 10.2. The summed E-state index contributed by atoms with van der Waals surface area (Å²) >= 11 is 7.42. The first-order valence-corrected chi connectivity index (χ1v) is 13.8. The van der Waals surface area contributed by atoms with Gasteiger partial charge in [-0.15, -0.1) is 11.3 Å². The third-order valence-corrected chi connectivity index (χ3v) is 6.94. The van der Waals surface area contributed by atoms with E-state index in [1.165, 1.54) is 23.3 Å². The summed E-state index contributed by atoms with van der Waals surface area (Å²) in [7, 11) is 5.47. The molecule has 0 aliphatic heterocycles. The van der Waals surface area contributed by atoms with Crippen LogP contribution >= 0.6 is 22.9 Å². The van der Waals surface area contributed by atoms with Crippen molar-refractivity contribution in [2.75, 3.05) is 59.3 Å². The number of aromatic nitrogens is 1. The number of carbonyl (C=O) groups excluding carboxylic acids is 3. The van der Waals surface area contributed by atoms with Gasteiger partial charge < -0.3 is 24.8 Å². The van der Waals surface area contributed by atoms with E-state index in [0.717, 1.165) is 12.1 Å². The van der Waals surface area contributed by atoms with Crippen molar-refractivity contribution < 1.29 is 19.1 Å². The zero-order chi connectivity index (χ0) is 28.2. The molecular weight excluding hydrogens is 538 g/mol. The van der Waals surface area contributed by atoms with Gasteiger partial charge in [0.2, 0.25) is 11.8 Å². The first kappa shape index (κ1) is 30.2. The van der Waals surface area contributed by atoms with Crippen LogP contribution < -0.4 is 5.32 Å². The minimum absolute atomic E-state index is 0.0417. The summed E-state index contributed by atoms with van der Waals surface area (Å²) in [4.78, 5) is 48.7. The van der Waals surface area contributed by atoms with E-state index in [1.54, 1.807) is 29.6 Å². The Bertz CT molecular complexity index is 1240. The Morgan fingerprint density at radius 3 is 2.38 bits per heavy atom. The normalized spacial score (nSPS) is 10.9. The van der Waals surface area contributed by atoms with E-state index in [1.807, 2.05) is 54.2 Å². The number of nitrogens with one attached hydrogen (secondary N) is 1.